The average molecular weight is 508 g/mol. The first-order valence-electron chi connectivity index (χ1n) is 12.9. The van der Waals surface area contributed by atoms with Gasteiger partial charge in [-0.1, -0.05) is 30.3 Å². The van der Waals surface area contributed by atoms with Gasteiger partial charge in [-0.15, -0.1) is 0 Å². The first-order valence-corrected chi connectivity index (χ1v) is 12.9. The summed E-state index contributed by atoms with van der Waals surface area (Å²) in [6.45, 7) is 7.36. The zero-order chi connectivity index (χ0) is 26.3. The molecule has 0 bridgehead atoms. The molecule has 1 aliphatic heterocycles. The molecule has 4 aromatic rings. The van der Waals surface area contributed by atoms with Crippen molar-refractivity contribution in [2.45, 2.75) is 19.9 Å². The first kappa shape index (κ1) is 25.5. The number of anilines is 3. The van der Waals surface area contributed by atoms with Crippen LogP contribution in [-0.2, 0) is 17.8 Å². The zero-order valence-corrected chi connectivity index (χ0v) is 21.9. The maximum Gasteiger partial charge on any atom is 0.228 e. The molecule has 0 atom stereocenters. The summed E-state index contributed by atoms with van der Waals surface area (Å²) in [5, 5.41) is 6.31. The predicted molar refractivity (Wildman–Crippen MR) is 151 cm³/mol. The SMILES string of the molecule is Cc1ccc(NC(=O)Cc2ccc(CN3CCN(C)CC3)cc2)cc1Nc1nccc(-c2cccnc2)n1. The Morgan fingerprint density at radius 2 is 1.74 bits per heavy atom. The van der Waals surface area contributed by atoms with Crippen molar-refractivity contribution in [2.75, 3.05) is 43.9 Å². The highest BCUT2D eigenvalue weighted by molar-refractivity contribution is 5.93. The lowest BCUT2D eigenvalue weighted by atomic mass is 10.1. The minimum atomic E-state index is -0.0542. The summed E-state index contributed by atoms with van der Waals surface area (Å²) in [4.78, 5) is 30.8. The lowest BCUT2D eigenvalue weighted by Crippen LogP contribution is -2.43. The quantitative estimate of drug-likeness (QED) is 0.363. The van der Waals surface area contributed by atoms with Gasteiger partial charge in [0.25, 0.3) is 0 Å². The van der Waals surface area contributed by atoms with Crippen LogP contribution >= 0.6 is 0 Å². The van der Waals surface area contributed by atoms with Gasteiger partial charge in [0, 0.05) is 68.3 Å². The Bertz CT molecular complexity index is 1370. The monoisotopic (exact) mass is 507 g/mol. The molecule has 0 unspecified atom stereocenters. The van der Waals surface area contributed by atoms with Gasteiger partial charge in [0.15, 0.2) is 0 Å². The minimum absolute atomic E-state index is 0.0542. The number of aryl methyl sites for hydroxylation is 1. The number of nitrogens with one attached hydrogen (secondary N) is 2. The highest BCUT2D eigenvalue weighted by atomic mass is 16.1. The van der Waals surface area contributed by atoms with Gasteiger partial charge in [0.05, 0.1) is 12.1 Å². The van der Waals surface area contributed by atoms with E-state index in [1.54, 1.807) is 18.6 Å². The molecule has 2 aromatic carbocycles. The van der Waals surface area contributed by atoms with Gasteiger partial charge in [-0.05, 0) is 61.0 Å². The van der Waals surface area contributed by atoms with Crippen LogP contribution in [0.3, 0.4) is 0 Å². The van der Waals surface area contributed by atoms with Crippen LogP contribution in [0.25, 0.3) is 11.3 Å². The van der Waals surface area contributed by atoms with Gasteiger partial charge in [0.2, 0.25) is 11.9 Å². The Hall–Kier alpha value is -4.14. The van der Waals surface area contributed by atoms with E-state index < -0.39 is 0 Å². The number of benzene rings is 2. The zero-order valence-electron chi connectivity index (χ0n) is 21.9. The van der Waals surface area contributed by atoms with E-state index in [0.29, 0.717) is 12.4 Å². The van der Waals surface area contributed by atoms with Crippen LogP contribution in [0.4, 0.5) is 17.3 Å². The average Bonchev–Trinajstić information content (AvgIpc) is 2.93. The van der Waals surface area contributed by atoms with Gasteiger partial charge in [-0.2, -0.15) is 0 Å². The van der Waals surface area contributed by atoms with Crippen LogP contribution < -0.4 is 10.6 Å². The molecular formula is C30H33N7O. The highest BCUT2D eigenvalue weighted by Crippen LogP contribution is 2.24. The van der Waals surface area contributed by atoms with Crippen molar-refractivity contribution >= 4 is 23.2 Å². The molecule has 8 nitrogen and oxygen atoms in total. The number of hydrogen-bond donors (Lipinski definition) is 2. The molecule has 0 spiro atoms. The summed E-state index contributed by atoms with van der Waals surface area (Å²) >= 11 is 0. The summed E-state index contributed by atoms with van der Waals surface area (Å²) in [6, 6.07) is 19.9. The van der Waals surface area contributed by atoms with Crippen molar-refractivity contribution in [3.05, 3.63) is 95.9 Å². The molecule has 1 amide bonds. The van der Waals surface area contributed by atoms with Gasteiger partial charge in [-0.3, -0.25) is 14.7 Å². The molecule has 0 radical (unpaired) electrons. The maximum atomic E-state index is 12.8. The van der Waals surface area contributed by atoms with Crippen LogP contribution in [0.5, 0.6) is 0 Å². The van der Waals surface area contributed by atoms with Crippen molar-refractivity contribution in [1.82, 2.24) is 24.8 Å². The molecule has 2 aromatic heterocycles. The Morgan fingerprint density at radius 3 is 2.50 bits per heavy atom. The molecule has 3 heterocycles. The van der Waals surface area contributed by atoms with Crippen LogP contribution in [0, 0.1) is 6.92 Å². The van der Waals surface area contributed by atoms with Gasteiger partial charge >= 0.3 is 0 Å². The number of aromatic nitrogens is 3. The van der Waals surface area contributed by atoms with E-state index >= 15 is 0 Å². The predicted octanol–water partition coefficient (Wildman–Crippen LogP) is 4.52. The lowest BCUT2D eigenvalue weighted by molar-refractivity contribution is -0.115. The van der Waals surface area contributed by atoms with E-state index in [4.69, 9.17) is 0 Å². The molecular weight excluding hydrogens is 474 g/mol. The number of piperazine rings is 1. The molecule has 0 aliphatic carbocycles. The Labute approximate surface area is 223 Å². The van der Waals surface area contributed by atoms with Crippen molar-refractivity contribution in [3.63, 3.8) is 0 Å². The second-order valence-corrected chi connectivity index (χ2v) is 9.78. The Kier molecular flexibility index (Phi) is 8.01. The fourth-order valence-corrected chi connectivity index (χ4v) is 4.47. The fourth-order valence-electron chi connectivity index (χ4n) is 4.47. The van der Waals surface area contributed by atoms with E-state index in [1.165, 1.54) is 5.56 Å². The van der Waals surface area contributed by atoms with Crippen LogP contribution in [0.2, 0.25) is 0 Å². The van der Waals surface area contributed by atoms with Gasteiger partial charge in [0.1, 0.15) is 0 Å². The third-order valence-corrected chi connectivity index (χ3v) is 6.77. The number of nitrogens with zero attached hydrogens (tertiary/aromatic N) is 5. The van der Waals surface area contributed by atoms with E-state index in [0.717, 1.165) is 66.5 Å². The summed E-state index contributed by atoms with van der Waals surface area (Å²) < 4.78 is 0. The molecule has 5 rings (SSSR count). The summed E-state index contributed by atoms with van der Waals surface area (Å²) in [7, 11) is 2.17. The van der Waals surface area contributed by atoms with Crippen LogP contribution in [0.1, 0.15) is 16.7 Å². The number of carbonyl (C=O) groups excluding carboxylic acids is 1. The van der Waals surface area contributed by atoms with E-state index in [-0.39, 0.29) is 5.91 Å². The number of hydrogen-bond acceptors (Lipinski definition) is 7. The Morgan fingerprint density at radius 1 is 0.947 bits per heavy atom. The smallest absolute Gasteiger partial charge is 0.228 e. The summed E-state index contributed by atoms with van der Waals surface area (Å²) in [6.07, 6.45) is 5.54. The summed E-state index contributed by atoms with van der Waals surface area (Å²) in [5.41, 5.74) is 6.56. The maximum absolute atomic E-state index is 12.8. The number of carbonyl (C=O) groups is 1. The number of likely N-dealkylation sites (N-methyl/N-ethyl adjacent to an activating group) is 1. The standard InChI is InChI=1S/C30H33N7O/c1-22-5-10-26(19-28(22)35-30-32-13-11-27(34-30)25-4-3-12-31-20-25)33-29(38)18-23-6-8-24(9-7-23)21-37-16-14-36(2)15-17-37/h3-13,19-20H,14-18,21H2,1-2H3,(H,33,38)(H,32,34,35). The van der Waals surface area contributed by atoms with Crippen molar-refractivity contribution in [3.8, 4) is 11.3 Å². The minimum Gasteiger partial charge on any atom is -0.326 e. The topological polar surface area (TPSA) is 86.3 Å². The van der Waals surface area contributed by atoms with Crippen LogP contribution in [-0.4, -0.2) is 63.9 Å². The Balaban J connectivity index is 1.19. The number of amides is 1. The molecule has 194 valence electrons. The second-order valence-electron chi connectivity index (χ2n) is 9.78. The van der Waals surface area contributed by atoms with E-state index in [9.17, 15) is 4.79 Å². The number of pyridine rings is 1. The van der Waals surface area contributed by atoms with Crippen molar-refractivity contribution in [2.24, 2.45) is 0 Å². The largest absolute Gasteiger partial charge is 0.326 e. The molecule has 8 heteroatoms. The van der Waals surface area contributed by atoms with Gasteiger partial charge < -0.3 is 15.5 Å². The summed E-state index contributed by atoms with van der Waals surface area (Å²) in [5.74, 6) is 0.427. The normalized spacial score (nSPS) is 14.3. The van der Waals surface area contributed by atoms with E-state index in [2.05, 4.69) is 66.7 Å². The molecule has 0 saturated carbocycles. The van der Waals surface area contributed by atoms with Gasteiger partial charge in [-0.25, -0.2) is 9.97 Å². The second kappa shape index (κ2) is 11.9. The third-order valence-electron chi connectivity index (χ3n) is 6.77. The first-order chi connectivity index (χ1) is 18.5. The lowest BCUT2D eigenvalue weighted by Gasteiger charge is -2.32. The molecule has 1 aliphatic rings. The molecule has 2 N–H and O–H groups in total. The van der Waals surface area contributed by atoms with E-state index in [1.807, 2.05) is 43.3 Å². The van der Waals surface area contributed by atoms with Crippen molar-refractivity contribution < 1.29 is 4.79 Å². The molecule has 1 fully saturated rings. The fraction of sp³-hybridized carbons (Fsp3) is 0.267. The highest BCUT2D eigenvalue weighted by Gasteiger charge is 2.14. The van der Waals surface area contributed by atoms with Crippen LogP contribution in [0.15, 0.2) is 79.3 Å². The molecule has 1 saturated heterocycles. The third kappa shape index (κ3) is 6.79. The van der Waals surface area contributed by atoms with Crippen molar-refractivity contribution in [1.29, 1.82) is 0 Å². The molecule has 38 heavy (non-hydrogen) atoms. The number of rotatable bonds is 8.